The van der Waals surface area contributed by atoms with Crippen molar-refractivity contribution in [1.29, 1.82) is 0 Å². The van der Waals surface area contributed by atoms with E-state index in [0.29, 0.717) is 11.3 Å². The Hall–Kier alpha value is -2.66. The number of amides is 2. The van der Waals surface area contributed by atoms with Crippen LogP contribution in [-0.4, -0.2) is 23.5 Å². The van der Waals surface area contributed by atoms with Gasteiger partial charge in [0.05, 0.1) is 6.54 Å². The zero-order chi connectivity index (χ0) is 17.6. The third-order valence-electron chi connectivity index (χ3n) is 3.79. The number of aliphatic hydroxyl groups is 1. The van der Waals surface area contributed by atoms with Gasteiger partial charge in [0, 0.05) is 5.69 Å². The molecule has 0 aliphatic rings. The van der Waals surface area contributed by atoms with Crippen molar-refractivity contribution in [2.45, 2.75) is 25.9 Å². The lowest BCUT2D eigenvalue weighted by Gasteiger charge is -2.24. The third kappa shape index (κ3) is 4.67. The predicted molar refractivity (Wildman–Crippen MR) is 93.5 cm³/mol. The number of rotatable bonds is 5. The van der Waals surface area contributed by atoms with E-state index < -0.39 is 17.4 Å². The average Bonchev–Trinajstić information content (AvgIpc) is 2.60. The number of benzene rings is 2. The zero-order valence-electron chi connectivity index (χ0n) is 13.9. The lowest BCUT2D eigenvalue weighted by molar-refractivity contribution is -0.136. The molecule has 0 aromatic heterocycles. The first kappa shape index (κ1) is 17.7. The summed E-state index contributed by atoms with van der Waals surface area (Å²) in [5, 5.41) is 15.5. The molecule has 24 heavy (non-hydrogen) atoms. The van der Waals surface area contributed by atoms with Crippen molar-refractivity contribution in [1.82, 2.24) is 5.32 Å². The van der Waals surface area contributed by atoms with Gasteiger partial charge in [0.25, 0.3) is 0 Å². The van der Waals surface area contributed by atoms with Crippen LogP contribution in [0.15, 0.2) is 54.6 Å². The Labute approximate surface area is 141 Å². The van der Waals surface area contributed by atoms with Gasteiger partial charge in [-0.15, -0.1) is 0 Å². The first-order valence-electron chi connectivity index (χ1n) is 7.88. The number of nitrogens with one attached hydrogen (secondary N) is 2. The van der Waals surface area contributed by atoms with E-state index in [9.17, 15) is 14.7 Å². The van der Waals surface area contributed by atoms with Gasteiger partial charge >= 0.3 is 11.8 Å². The molecule has 1 atom stereocenters. The first-order valence-corrected chi connectivity index (χ1v) is 7.88. The molecule has 0 radical (unpaired) electrons. The summed E-state index contributed by atoms with van der Waals surface area (Å²) >= 11 is 0. The predicted octanol–water partition coefficient (Wildman–Crippen LogP) is 2.21. The third-order valence-corrected chi connectivity index (χ3v) is 3.79. The number of hydrogen-bond donors (Lipinski definition) is 3. The summed E-state index contributed by atoms with van der Waals surface area (Å²) in [7, 11) is 0. The van der Waals surface area contributed by atoms with Crippen LogP contribution in [0.5, 0.6) is 0 Å². The maximum Gasteiger partial charge on any atom is 0.313 e. The van der Waals surface area contributed by atoms with E-state index in [1.54, 1.807) is 37.3 Å². The highest BCUT2D eigenvalue weighted by Crippen LogP contribution is 2.18. The molecule has 2 aromatic rings. The van der Waals surface area contributed by atoms with E-state index in [1.165, 1.54) is 0 Å². The standard InChI is InChI=1S/C19H22N2O3/c1-3-14-8-7-11-16(12-14)21-18(23)17(22)20-13-19(2,24)15-9-5-4-6-10-15/h4-12,24H,3,13H2,1-2H3,(H,20,22)(H,21,23). The Morgan fingerprint density at radius 3 is 2.42 bits per heavy atom. The van der Waals surface area contributed by atoms with Crippen LogP contribution in [0.25, 0.3) is 0 Å². The normalized spacial score (nSPS) is 13.0. The van der Waals surface area contributed by atoms with Gasteiger partial charge in [-0.1, -0.05) is 49.4 Å². The van der Waals surface area contributed by atoms with Crippen molar-refractivity contribution in [3.63, 3.8) is 0 Å². The lowest BCUT2D eigenvalue weighted by Crippen LogP contribution is -2.43. The Kier molecular flexibility index (Phi) is 5.71. The lowest BCUT2D eigenvalue weighted by atomic mass is 9.96. The van der Waals surface area contributed by atoms with Gasteiger partial charge in [-0.25, -0.2) is 0 Å². The Morgan fingerprint density at radius 2 is 1.75 bits per heavy atom. The summed E-state index contributed by atoms with van der Waals surface area (Å²) in [6.45, 7) is 3.54. The van der Waals surface area contributed by atoms with Gasteiger partial charge in [-0.3, -0.25) is 9.59 Å². The fraction of sp³-hybridized carbons (Fsp3) is 0.263. The minimum absolute atomic E-state index is 0.0573. The number of hydrogen-bond acceptors (Lipinski definition) is 3. The summed E-state index contributed by atoms with van der Waals surface area (Å²) in [6, 6.07) is 16.3. The van der Waals surface area contributed by atoms with Crippen LogP contribution in [0, 0.1) is 0 Å². The molecule has 0 aliphatic carbocycles. The molecule has 0 heterocycles. The van der Waals surface area contributed by atoms with Gasteiger partial charge in [0.1, 0.15) is 5.60 Å². The van der Waals surface area contributed by atoms with Crippen molar-refractivity contribution in [2.75, 3.05) is 11.9 Å². The fourth-order valence-corrected chi connectivity index (χ4v) is 2.29. The molecule has 2 rings (SSSR count). The van der Waals surface area contributed by atoms with E-state index in [4.69, 9.17) is 0 Å². The van der Waals surface area contributed by atoms with E-state index in [0.717, 1.165) is 12.0 Å². The first-order chi connectivity index (χ1) is 11.4. The SMILES string of the molecule is CCc1cccc(NC(=O)C(=O)NCC(C)(O)c2ccccc2)c1. The summed E-state index contributed by atoms with van der Waals surface area (Å²) < 4.78 is 0. The Bertz CT molecular complexity index is 712. The Balaban J connectivity index is 1.93. The molecule has 0 saturated carbocycles. The number of carbonyl (C=O) groups is 2. The summed E-state index contributed by atoms with van der Waals surface area (Å²) in [6.07, 6.45) is 0.843. The van der Waals surface area contributed by atoms with Crippen LogP contribution in [0.4, 0.5) is 5.69 Å². The van der Waals surface area contributed by atoms with Crippen LogP contribution in [0.2, 0.25) is 0 Å². The number of carbonyl (C=O) groups excluding carboxylic acids is 2. The maximum absolute atomic E-state index is 12.0. The highest BCUT2D eigenvalue weighted by molar-refractivity contribution is 6.39. The van der Waals surface area contributed by atoms with Crippen LogP contribution in [0.3, 0.4) is 0 Å². The highest BCUT2D eigenvalue weighted by Gasteiger charge is 2.25. The molecular weight excluding hydrogens is 304 g/mol. The van der Waals surface area contributed by atoms with Crippen molar-refractivity contribution in [3.05, 3.63) is 65.7 Å². The van der Waals surface area contributed by atoms with Crippen molar-refractivity contribution >= 4 is 17.5 Å². The molecule has 3 N–H and O–H groups in total. The van der Waals surface area contributed by atoms with Crippen LogP contribution in [-0.2, 0) is 21.6 Å². The fourth-order valence-electron chi connectivity index (χ4n) is 2.29. The summed E-state index contributed by atoms with van der Waals surface area (Å²) in [4.78, 5) is 23.9. The zero-order valence-corrected chi connectivity index (χ0v) is 13.9. The van der Waals surface area contributed by atoms with Crippen molar-refractivity contribution < 1.29 is 14.7 Å². The maximum atomic E-state index is 12.0. The molecular formula is C19H22N2O3. The minimum atomic E-state index is -1.25. The molecule has 1 unspecified atom stereocenters. The average molecular weight is 326 g/mol. The number of anilines is 1. The second-order valence-electron chi connectivity index (χ2n) is 5.83. The van der Waals surface area contributed by atoms with E-state index in [2.05, 4.69) is 10.6 Å². The highest BCUT2D eigenvalue weighted by atomic mass is 16.3. The second-order valence-corrected chi connectivity index (χ2v) is 5.83. The quantitative estimate of drug-likeness (QED) is 0.737. The second kappa shape index (κ2) is 7.75. The Morgan fingerprint density at radius 1 is 1.04 bits per heavy atom. The summed E-state index contributed by atoms with van der Waals surface area (Å²) in [5.74, 6) is -1.54. The minimum Gasteiger partial charge on any atom is -0.384 e. The summed E-state index contributed by atoms with van der Waals surface area (Å²) in [5.41, 5.74) is 1.06. The topological polar surface area (TPSA) is 78.4 Å². The van der Waals surface area contributed by atoms with Crippen LogP contribution in [0.1, 0.15) is 25.0 Å². The van der Waals surface area contributed by atoms with Gasteiger partial charge in [-0.05, 0) is 36.6 Å². The smallest absolute Gasteiger partial charge is 0.313 e. The van der Waals surface area contributed by atoms with E-state index >= 15 is 0 Å². The number of aryl methyl sites for hydroxylation is 1. The van der Waals surface area contributed by atoms with Gasteiger partial charge in [0.2, 0.25) is 0 Å². The monoisotopic (exact) mass is 326 g/mol. The molecule has 0 spiro atoms. The van der Waals surface area contributed by atoms with E-state index in [1.807, 2.05) is 31.2 Å². The van der Waals surface area contributed by atoms with Crippen LogP contribution < -0.4 is 10.6 Å². The van der Waals surface area contributed by atoms with Crippen molar-refractivity contribution in [3.8, 4) is 0 Å². The van der Waals surface area contributed by atoms with Gasteiger partial charge < -0.3 is 15.7 Å². The molecule has 0 saturated heterocycles. The molecule has 5 heteroatoms. The van der Waals surface area contributed by atoms with E-state index in [-0.39, 0.29) is 6.54 Å². The molecule has 126 valence electrons. The molecule has 0 fully saturated rings. The molecule has 0 bridgehead atoms. The molecule has 2 amide bonds. The molecule has 0 aliphatic heterocycles. The molecule has 2 aromatic carbocycles. The van der Waals surface area contributed by atoms with Crippen LogP contribution >= 0.6 is 0 Å². The van der Waals surface area contributed by atoms with Gasteiger partial charge in [0.15, 0.2) is 0 Å². The van der Waals surface area contributed by atoms with Crippen molar-refractivity contribution in [2.24, 2.45) is 0 Å². The molecule has 5 nitrogen and oxygen atoms in total. The van der Waals surface area contributed by atoms with Gasteiger partial charge in [-0.2, -0.15) is 0 Å². The largest absolute Gasteiger partial charge is 0.384 e.